The van der Waals surface area contributed by atoms with Gasteiger partial charge < -0.3 is 10.1 Å². The molecule has 0 saturated carbocycles. The number of carbonyl (C=O) groups excluding carboxylic acids is 1. The zero-order chi connectivity index (χ0) is 21.5. The number of amides is 2. The van der Waals surface area contributed by atoms with E-state index in [2.05, 4.69) is 54.1 Å². The van der Waals surface area contributed by atoms with Crippen LogP contribution in [0.3, 0.4) is 0 Å². The average molecular weight is 416 g/mol. The lowest BCUT2D eigenvalue weighted by atomic mass is 9.95. The Balaban J connectivity index is 1.33. The number of hydrogen-bond acceptors (Lipinski definition) is 3. The predicted octanol–water partition coefficient (Wildman–Crippen LogP) is 4.54. The molecule has 1 saturated heterocycles. The van der Waals surface area contributed by atoms with Crippen LogP contribution in [0.2, 0.25) is 0 Å². The summed E-state index contributed by atoms with van der Waals surface area (Å²) in [6, 6.07) is 28.4. The van der Waals surface area contributed by atoms with Crippen molar-refractivity contribution in [3.8, 4) is 5.75 Å². The predicted molar refractivity (Wildman–Crippen MR) is 122 cm³/mol. The van der Waals surface area contributed by atoms with Gasteiger partial charge in [-0.3, -0.25) is 5.43 Å². The average Bonchev–Trinajstić information content (AvgIpc) is 2.92. The maximum Gasteiger partial charge on any atom is 0.329 e. The molecule has 0 aliphatic carbocycles. The molecule has 0 radical (unpaired) electrons. The van der Waals surface area contributed by atoms with Crippen LogP contribution in [0.15, 0.2) is 84.9 Å². The van der Waals surface area contributed by atoms with Crippen LogP contribution >= 0.6 is 0 Å². The maximum absolute atomic E-state index is 12.4. The number of urea groups is 1. The van der Waals surface area contributed by atoms with E-state index in [9.17, 15) is 4.79 Å². The Morgan fingerprint density at radius 3 is 2.19 bits per heavy atom. The quantitative estimate of drug-likeness (QED) is 0.596. The molecule has 5 heteroatoms. The van der Waals surface area contributed by atoms with Crippen LogP contribution in [0.4, 0.5) is 4.79 Å². The maximum atomic E-state index is 12.4. The van der Waals surface area contributed by atoms with E-state index in [1.54, 1.807) is 0 Å². The van der Waals surface area contributed by atoms with Crippen LogP contribution in [0.5, 0.6) is 5.75 Å². The molecule has 0 aromatic heterocycles. The number of hydrogen-bond donors (Lipinski definition) is 2. The summed E-state index contributed by atoms with van der Waals surface area (Å²) in [4.78, 5) is 12.4. The summed E-state index contributed by atoms with van der Waals surface area (Å²) in [6.07, 6.45) is 0.784. The minimum absolute atomic E-state index is 0.0665. The first-order valence-electron chi connectivity index (χ1n) is 10.8. The second-order valence-electron chi connectivity index (χ2n) is 8.16. The van der Waals surface area contributed by atoms with E-state index in [1.807, 2.05) is 53.5 Å². The molecule has 4 rings (SSSR count). The number of hydrazine groups is 1. The Kier molecular flexibility index (Phi) is 6.85. The van der Waals surface area contributed by atoms with Gasteiger partial charge in [-0.25, -0.2) is 9.80 Å². The Labute approximate surface area is 184 Å². The minimum atomic E-state index is -0.145. The molecule has 1 heterocycles. The molecule has 160 valence electrons. The van der Waals surface area contributed by atoms with E-state index in [4.69, 9.17) is 4.74 Å². The zero-order valence-electron chi connectivity index (χ0n) is 17.8. The first-order chi connectivity index (χ1) is 15.2. The zero-order valence-corrected chi connectivity index (χ0v) is 17.8. The molecular weight excluding hydrogens is 386 g/mol. The highest BCUT2D eigenvalue weighted by atomic mass is 16.5. The van der Waals surface area contributed by atoms with E-state index in [0.29, 0.717) is 19.1 Å². The van der Waals surface area contributed by atoms with Crippen LogP contribution in [-0.2, 0) is 19.6 Å². The van der Waals surface area contributed by atoms with Crippen LogP contribution in [0.1, 0.15) is 23.6 Å². The summed E-state index contributed by atoms with van der Waals surface area (Å²) < 4.78 is 5.88. The third kappa shape index (κ3) is 6.09. The normalized spacial score (nSPS) is 19.2. The molecule has 2 atom stereocenters. The Morgan fingerprint density at radius 2 is 1.52 bits per heavy atom. The molecule has 0 unspecified atom stereocenters. The summed E-state index contributed by atoms with van der Waals surface area (Å²) in [5.41, 5.74) is 6.49. The molecule has 2 amide bonds. The standard InChI is InChI=1S/C26H29N3O2/c1-20-17-29(18-22-8-4-2-5-9-22)28-26(30)27-25(20)16-21-12-14-24(15-13-21)31-19-23-10-6-3-7-11-23/h2-15,20,25H,16-19H2,1H3,(H2,27,28,30)/t20-,25-/m1/s1. The van der Waals surface area contributed by atoms with Crippen molar-refractivity contribution in [3.63, 3.8) is 0 Å². The Bertz CT molecular complexity index is 961. The molecule has 0 bridgehead atoms. The monoisotopic (exact) mass is 415 g/mol. The molecule has 2 N–H and O–H groups in total. The van der Waals surface area contributed by atoms with Gasteiger partial charge in [0.05, 0.1) is 0 Å². The second kappa shape index (κ2) is 10.1. The van der Waals surface area contributed by atoms with Gasteiger partial charge in [-0.15, -0.1) is 0 Å². The summed E-state index contributed by atoms with van der Waals surface area (Å²) in [5, 5.41) is 5.13. The molecule has 1 fully saturated rings. The molecule has 3 aromatic rings. The van der Waals surface area contributed by atoms with Crippen molar-refractivity contribution >= 4 is 6.03 Å². The molecule has 5 nitrogen and oxygen atoms in total. The van der Waals surface area contributed by atoms with Gasteiger partial charge in [-0.05, 0) is 41.2 Å². The van der Waals surface area contributed by atoms with E-state index in [1.165, 1.54) is 11.1 Å². The van der Waals surface area contributed by atoms with Gasteiger partial charge in [0.15, 0.2) is 0 Å². The molecule has 1 aliphatic rings. The van der Waals surface area contributed by atoms with Gasteiger partial charge in [0.2, 0.25) is 0 Å². The lowest BCUT2D eigenvalue weighted by Crippen LogP contribution is -2.45. The summed E-state index contributed by atoms with van der Waals surface area (Å²) in [7, 11) is 0. The van der Waals surface area contributed by atoms with Gasteiger partial charge in [-0.1, -0.05) is 79.7 Å². The highest BCUT2D eigenvalue weighted by molar-refractivity contribution is 5.74. The Morgan fingerprint density at radius 1 is 0.871 bits per heavy atom. The SMILES string of the molecule is C[C@@H]1CN(Cc2ccccc2)NC(=O)N[C@@H]1Cc1ccc(OCc2ccccc2)cc1. The van der Waals surface area contributed by atoms with Crippen molar-refractivity contribution in [2.45, 2.75) is 32.5 Å². The van der Waals surface area contributed by atoms with Gasteiger partial charge in [0.25, 0.3) is 0 Å². The van der Waals surface area contributed by atoms with Gasteiger partial charge in [0.1, 0.15) is 12.4 Å². The van der Waals surface area contributed by atoms with Crippen molar-refractivity contribution in [2.75, 3.05) is 6.54 Å². The summed E-state index contributed by atoms with van der Waals surface area (Å²) in [6.45, 7) is 4.22. The fourth-order valence-corrected chi connectivity index (χ4v) is 3.88. The largest absolute Gasteiger partial charge is 0.489 e. The summed E-state index contributed by atoms with van der Waals surface area (Å²) in [5.74, 6) is 1.15. The van der Waals surface area contributed by atoms with Crippen LogP contribution in [0.25, 0.3) is 0 Å². The highest BCUT2D eigenvalue weighted by Crippen LogP contribution is 2.19. The van der Waals surface area contributed by atoms with Crippen LogP contribution in [-0.4, -0.2) is 23.6 Å². The van der Waals surface area contributed by atoms with Crippen molar-refractivity contribution in [2.24, 2.45) is 5.92 Å². The lowest BCUT2D eigenvalue weighted by molar-refractivity contribution is 0.169. The van der Waals surface area contributed by atoms with E-state index < -0.39 is 0 Å². The lowest BCUT2D eigenvalue weighted by Gasteiger charge is -2.24. The number of rotatable bonds is 7. The van der Waals surface area contributed by atoms with Crippen molar-refractivity contribution in [1.82, 2.24) is 15.8 Å². The molecule has 1 aliphatic heterocycles. The first kappa shape index (κ1) is 20.9. The van der Waals surface area contributed by atoms with Crippen LogP contribution in [0, 0.1) is 5.92 Å². The van der Waals surface area contributed by atoms with Gasteiger partial charge in [-0.2, -0.15) is 0 Å². The second-order valence-corrected chi connectivity index (χ2v) is 8.16. The minimum Gasteiger partial charge on any atom is -0.489 e. The van der Waals surface area contributed by atoms with Crippen molar-refractivity contribution in [1.29, 1.82) is 0 Å². The molecule has 3 aromatic carbocycles. The number of nitrogens with zero attached hydrogens (tertiary/aromatic N) is 1. The fourth-order valence-electron chi connectivity index (χ4n) is 3.88. The number of nitrogens with one attached hydrogen (secondary N) is 2. The number of carbonyl (C=O) groups is 1. The van der Waals surface area contributed by atoms with E-state index >= 15 is 0 Å². The number of ether oxygens (including phenoxy) is 1. The molecular formula is C26H29N3O2. The number of benzene rings is 3. The molecule has 31 heavy (non-hydrogen) atoms. The van der Waals surface area contributed by atoms with Crippen LogP contribution < -0.4 is 15.5 Å². The summed E-state index contributed by atoms with van der Waals surface area (Å²) >= 11 is 0. The first-order valence-corrected chi connectivity index (χ1v) is 10.8. The Hall–Kier alpha value is -3.31. The van der Waals surface area contributed by atoms with Crippen molar-refractivity contribution in [3.05, 3.63) is 102 Å². The van der Waals surface area contributed by atoms with Crippen molar-refractivity contribution < 1.29 is 9.53 Å². The van der Waals surface area contributed by atoms with Gasteiger partial charge >= 0.3 is 6.03 Å². The third-order valence-corrected chi connectivity index (χ3v) is 5.61. The van der Waals surface area contributed by atoms with Gasteiger partial charge in [0, 0.05) is 19.1 Å². The third-order valence-electron chi connectivity index (χ3n) is 5.61. The highest BCUT2D eigenvalue weighted by Gasteiger charge is 2.27. The topological polar surface area (TPSA) is 53.6 Å². The smallest absolute Gasteiger partial charge is 0.329 e. The van der Waals surface area contributed by atoms with E-state index in [0.717, 1.165) is 24.3 Å². The van der Waals surface area contributed by atoms with E-state index in [-0.39, 0.29) is 12.1 Å². The fraction of sp³-hybridized carbons (Fsp3) is 0.269. The molecule has 0 spiro atoms.